The first kappa shape index (κ1) is 26.4. The SMILES string of the molecule is CC(C)(C)S(=O)(=O)NC1CCC(C(=O)Nc2ccc(N3CCN(C4CCCCC4)CC3)cc2)CC1. The summed E-state index contributed by atoms with van der Waals surface area (Å²) in [6.45, 7) is 9.51. The average molecular weight is 505 g/mol. The second-order valence-electron chi connectivity index (χ2n) is 11.6. The van der Waals surface area contributed by atoms with Gasteiger partial charge in [-0.25, -0.2) is 13.1 Å². The first-order valence-corrected chi connectivity index (χ1v) is 15.0. The lowest BCUT2D eigenvalue weighted by atomic mass is 9.86. The van der Waals surface area contributed by atoms with Gasteiger partial charge in [0.05, 0.1) is 4.75 Å². The van der Waals surface area contributed by atoms with Crippen molar-refractivity contribution in [2.24, 2.45) is 5.92 Å². The van der Waals surface area contributed by atoms with Crippen LogP contribution in [0.25, 0.3) is 0 Å². The molecule has 0 atom stereocenters. The number of piperazine rings is 1. The number of carbonyl (C=O) groups is 1. The molecule has 0 bridgehead atoms. The van der Waals surface area contributed by atoms with Gasteiger partial charge >= 0.3 is 0 Å². The molecular formula is C27H44N4O3S. The molecule has 1 heterocycles. The Bertz CT molecular complexity index is 936. The van der Waals surface area contributed by atoms with Gasteiger partial charge in [-0.1, -0.05) is 19.3 Å². The third-order valence-corrected chi connectivity index (χ3v) is 10.4. The third kappa shape index (κ3) is 6.77. The molecule has 4 rings (SSSR count). The van der Waals surface area contributed by atoms with Crippen LogP contribution in [0, 0.1) is 5.92 Å². The van der Waals surface area contributed by atoms with Crippen LogP contribution >= 0.6 is 0 Å². The van der Waals surface area contributed by atoms with Crippen LogP contribution in [0.2, 0.25) is 0 Å². The maximum absolute atomic E-state index is 12.8. The fourth-order valence-electron chi connectivity index (χ4n) is 5.66. The van der Waals surface area contributed by atoms with E-state index >= 15 is 0 Å². The van der Waals surface area contributed by atoms with Crippen LogP contribution in [0.5, 0.6) is 0 Å². The molecule has 2 aliphatic carbocycles. The predicted molar refractivity (Wildman–Crippen MR) is 143 cm³/mol. The Morgan fingerprint density at radius 3 is 2.03 bits per heavy atom. The van der Waals surface area contributed by atoms with E-state index in [1.54, 1.807) is 20.8 Å². The van der Waals surface area contributed by atoms with Crippen molar-refractivity contribution >= 4 is 27.3 Å². The van der Waals surface area contributed by atoms with Gasteiger partial charge in [0.1, 0.15) is 0 Å². The monoisotopic (exact) mass is 504 g/mol. The zero-order valence-corrected chi connectivity index (χ0v) is 22.6. The van der Waals surface area contributed by atoms with Crippen LogP contribution in [0.3, 0.4) is 0 Å². The number of anilines is 2. The number of carbonyl (C=O) groups excluding carboxylic acids is 1. The van der Waals surface area contributed by atoms with Crippen LogP contribution < -0.4 is 14.9 Å². The predicted octanol–water partition coefficient (Wildman–Crippen LogP) is 4.36. The van der Waals surface area contributed by atoms with Crippen LogP contribution in [-0.2, 0) is 14.8 Å². The number of hydrogen-bond donors (Lipinski definition) is 2. The Balaban J connectivity index is 1.22. The van der Waals surface area contributed by atoms with E-state index in [9.17, 15) is 13.2 Å². The van der Waals surface area contributed by atoms with E-state index in [4.69, 9.17) is 0 Å². The third-order valence-electron chi connectivity index (χ3n) is 8.13. The van der Waals surface area contributed by atoms with E-state index in [1.165, 1.54) is 37.8 Å². The molecule has 2 N–H and O–H groups in total. The Labute approximate surface area is 212 Å². The fourth-order valence-corrected chi connectivity index (χ4v) is 6.69. The van der Waals surface area contributed by atoms with Gasteiger partial charge in [0, 0.05) is 55.6 Å². The topological polar surface area (TPSA) is 81.7 Å². The summed E-state index contributed by atoms with van der Waals surface area (Å²) in [7, 11) is -3.36. The number of hydrogen-bond acceptors (Lipinski definition) is 5. The molecule has 1 aromatic carbocycles. The molecule has 0 spiro atoms. The van der Waals surface area contributed by atoms with Gasteiger partial charge in [-0.2, -0.15) is 0 Å². The van der Waals surface area contributed by atoms with Crippen molar-refractivity contribution in [1.29, 1.82) is 0 Å². The molecule has 35 heavy (non-hydrogen) atoms. The summed E-state index contributed by atoms with van der Waals surface area (Å²) >= 11 is 0. The molecule has 0 aromatic heterocycles. The number of rotatable bonds is 6. The van der Waals surface area contributed by atoms with Gasteiger partial charge in [-0.3, -0.25) is 9.69 Å². The number of sulfonamides is 1. The molecule has 1 aliphatic heterocycles. The Kier molecular flexibility index (Phi) is 8.44. The number of amides is 1. The standard InChI is InChI=1S/C27H44N4O3S/c1-27(2,3)35(33,34)29-23-11-9-21(10-12-23)26(32)28-22-13-15-25(16-14-22)31-19-17-30(18-20-31)24-7-5-4-6-8-24/h13-16,21,23-24,29H,4-12,17-20H2,1-3H3,(H,28,32). The normalized spacial score (nSPS) is 25.4. The van der Waals surface area contributed by atoms with Gasteiger partial charge in [0.25, 0.3) is 0 Å². The van der Waals surface area contributed by atoms with E-state index in [-0.39, 0.29) is 17.9 Å². The highest BCUT2D eigenvalue weighted by Crippen LogP contribution is 2.29. The molecule has 3 fully saturated rings. The summed E-state index contributed by atoms with van der Waals surface area (Å²) in [4.78, 5) is 18.0. The summed E-state index contributed by atoms with van der Waals surface area (Å²) in [5.41, 5.74) is 2.05. The van der Waals surface area contributed by atoms with E-state index in [0.717, 1.165) is 37.9 Å². The minimum absolute atomic E-state index is 0.0379. The summed E-state index contributed by atoms with van der Waals surface area (Å²) in [6, 6.07) is 8.94. The van der Waals surface area contributed by atoms with Gasteiger partial charge in [0.15, 0.2) is 0 Å². The molecule has 7 nitrogen and oxygen atoms in total. The first-order chi connectivity index (χ1) is 16.6. The van der Waals surface area contributed by atoms with E-state index in [1.807, 2.05) is 12.1 Å². The van der Waals surface area contributed by atoms with Gasteiger partial charge in [0.2, 0.25) is 15.9 Å². The molecule has 196 valence electrons. The Morgan fingerprint density at radius 1 is 0.857 bits per heavy atom. The molecule has 1 aromatic rings. The van der Waals surface area contributed by atoms with Gasteiger partial charge in [-0.05, 0) is 83.6 Å². The highest BCUT2D eigenvalue weighted by molar-refractivity contribution is 7.90. The zero-order valence-electron chi connectivity index (χ0n) is 21.8. The van der Waals surface area contributed by atoms with Crippen molar-refractivity contribution in [3.05, 3.63) is 24.3 Å². The molecule has 0 radical (unpaired) electrons. The van der Waals surface area contributed by atoms with Crippen molar-refractivity contribution in [2.45, 2.75) is 95.4 Å². The molecule has 0 unspecified atom stereocenters. The van der Waals surface area contributed by atoms with Gasteiger partial charge in [-0.15, -0.1) is 0 Å². The molecule has 3 aliphatic rings. The summed E-state index contributed by atoms with van der Waals surface area (Å²) in [6.07, 6.45) is 9.69. The molecule has 2 saturated carbocycles. The fraction of sp³-hybridized carbons (Fsp3) is 0.741. The van der Waals surface area contributed by atoms with Gasteiger partial charge < -0.3 is 10.2 Å². The van der Waals surface area contributed by atoms with E-state index in [2.05, 4.69) is 32.0 Å². The second kappa shape index (κ2) is 11.2. The first-order valence-electron chi connectivity index (χ1n) is 13.5. The lowest BCUT2D eigenvalue weighted by molar-refractivity contribution is -0.120. The second-order valence-corrected chi connectivity index (χ2v) is 14.1. The van der Waals surface area contributed by atoms with E-state index in [0.29, 0.717) is 25.7 Å². The Morgan fingerprint density at radius 2 is 1.46 bits per heavy atom. The number of nitrogens with one attached hydrogen (secondary N) is 2. The molecule has 1 amide bonds. The molecular weight excluding hydrogens is 460 g/mol. The summed E-state index contributed by atoms with van der Waals surface area (Å²) < 4.78 is 26.8. The van der Waals surface area contributed by atoms with Crippen molar-refractivity contribution in [3.8, 4) is 0 Å². The molecule has 1 saturated heterocycles. The minimum Gasteiger partial charge on any atom is -0.369 e. The maximum atomic E-state index is 12.8. The van der Waals surface area contributed by atoms with Crippen LogP contribution in [0.4, 0.5) is 11.4 Å². The minimum atomic E-state index is -3.36. The van der Waals surface area contributed by atoms with Crippen molar-refractivity contribution < 1.29 is 13.2 Å². The summed E-state index contributed by atoms with van der Waals surface area (Å²) in [5.74, 6) is -0.0334. The van der Waals surface area contributed by atoms with E-state index < -0.39 is 14.8 Å². The highest BCUT2D eigenvalue weighted by Gasteiger charge is 2.34. The maximum Gasteiger partial charge on any atom is 0.227 e. The van der Waals surface area contributed by atoms with Crippen LogP contribution in [0.1, 0.15) is 78.6 Å². The zero-order chi connectivity index (χ0) is 25.1. The van der Waals surface area contributed by atoms with Crippen LogP contribution in [0.15, 0.2) is 24.3 Å². The summed E-state index contributed by atoms with van der Waals surface area (Å²) in [5, 5.41) is 3.07. The molecule has 8 heteroatoms. The lowest BCUT2D eigenvalue weighted by Crippen LogP contribution is -2.50. The largest absolute Gasteiger partial charge is 0.369 e. The lowest BCUT2D eigenvalue weighted by Gasteiger charge is -2.41. The van der Waals surface area contributed by atoms with Crippen molar-refractivity contribution in [2.75, 3.05) is 36.4 Å². The smallest absolute Gasteiger partial charge is 0.227 e. The number of benzene rings is 1. The average Bonchev–Trinajstić information content (AvgIpc) is 2.85. The number of nitrogens with zero attached hydrogens (tertiary/aromatic N) is 2. The van der Waals surface area contributed by atoms with Crippen molar-refractivity contribution in [3.63, 3.8) is 0 Å². The quantitative estimate of drug-likeness (QED) is 0.602. The Hall–Kier alpha value is -1.64. The highest BCUT2D eigenvalue weighted by atomic mass is 32.2. The van der Waals surface area contributed by atoms with Crippen LogP contribution in [-0.4, -0.2) is 62.2 Å². The van der Waals surface area contributed by atoms with Crippen molar-refractivity contribution in [1.82, 2.24) is 9.62 Å².